The van der Waals surface area contributed by atoms with E-state index in [9.17, 15) is 0 Å². The molecule has 0 aromatic carbocycles. The smallest absolute Gasteiger partial charge is 0.239 e. The Kier molecular flexibility index (Phi) is 5.24. The molecule has 0 saturated heterocycles. The zero-order chi connectivity index (χ0) is 14.4. The third kappa shape index (κ3) is 4.42. The predicted octanol–water partition coefficient (Wildman–Crippen LogP) is 3.41. The topological polar surface area (TPSA) is 60.2 Å². The van der Waals surface area contributed by atoms with Gasteiger partial charge in [0.15, 0.2) is 0 Å². The lowest BCUT2D eigenvalue weighted by molar-refractivity contribution is 0.263. The quantitative estimate of drug-likeness (QED) is 0.820. The number of rotatable bonds is 7. The fourth-order valence-corrected chi connectivity index (χ4v) is 2.39. The van der Waals surface area contributed by atoms with Gasteiger partial charge in [0.1, 0.15) is 5.82 Å². The molecule has 0 aliphatic rings. The van der Waals surface area contributed by atoms with Gasteiger partial charge in [-0.05, 0) is 35.9 Å². The van der Waals surface area contributed by atoms with Crippen LogP contribution in [-0.4, -0.2) is 18.1 Å². The van der Waals surface area contributed by atoms with Gasteiger partial charge in [-0.3, -0.25) is 0 Å². The molecule has 0 aliphatic carbocycles. The Morgan fingerprint density at radius 3 is 2.90 bits per heavy atom. The molecule has 0 amide bonds. The summed E-state index contributed by atoms with van der Waals surface area (Å²) in [5, 5.41) is 5.39. The molecule has 0 bridgehead atoms. The molecular formula is C15H21N3OS. The van der Waals surface area contributed by atoms with E-state index in [0.29, 0.717) is 24.1 Å². The van der Waals surface area contributed by atoms with Crippen molar-refractivity contribution in [1.82, 2.24) is 4.98 Å². The molecule has 0 radical (unpaired) electrons. The Balaban J connectivity index is 1.89. The summed E-state index contributed by atoms with van der Waals surface area (Å²) in [7, 11) is 0. The predicted molar refractivity (Wildman–Crippen MR) is 85.5 cm³/mol. The lowest BCUT2D eigenvalue weighted by Crippen LogP contribution is -2.10. The van der Waals surface area contributed by atoms with Crippen LogP contribution in [0.2, 0.25) is 0 Å². The van der Waals surface area contributed by atoms with Crippen LogP contribution >= 0.6 is 11.3 Å². The van der Waals surface area contributed by atoms with Gasteiger partial charge >= 0.3 is 0 Å². The maximum atomic E-state index is 5.87. The second-order valence-corrected chi connectivity index (χ2v) is 6.08. The van der Waals surface area contributed by atoms with E-state index >= 15 is 0 Å². The molecule has 3 N–H and O–H groups in total. The standard InChI is InChI=1S/C15H21N3OS/c1-11(2)10-19-15-13(16)5-6-14(18-15)17-8-7-12-4-3-9-20-12/h3-6,9,11H,7-8,10,16H2,1-2H3,(H,17,18). The Labute approximate surface area is 124 Å². The van der Waals surface area contributed by atoms with Crippen LogP contribution in [0.5, 0.6) is 5.88 Å². The van der Waals surface area contributed by atoms with Gasteiger partial charge in [-0.15, -0.1) is 11.3 Å². The fourth-order valence-electron chi connectivity index (χ4n) is 1.68. The lowest BCUT2D eigenvalue weighted by atomic mass is 10.2. The summed E-state index contributed by atoms with van der Waals surface area (Å²) < 4.78 is 5.62. The molecule has 2 rings (SSSR count). The molecule has 0 fully saturated rings. The van der Waals surface area contributed by atoms with E-state index in [1.54, 1.807) is 11.3 Å². The SMILES string of the molecule is CC(C)COc1nc(NCCc2cccs2)ccc1N. The van der Waals surface area contributed by atoms with Crippen molar-refractivity contribution in [2.45, 2.75) is 20.3 Å². The van der Waals surface area contributed by atoms with Crippen molar-refractivity contribution in [2.24, 2.45) is 5.92 Å². The number of nitrogens with two attached hydrogens (primary N) is 1. The molecule has 0 atom stereocenters. The number of nitrogen functional groups attached to an aromatic ring is 1. The molecule has 2 heterocycles. The van der Waals surface area contributed by atoms with Crippen molar-refractivity contribution in [2.75, 3.05) is 24.2 Å². The van der Waals surface area contributed by atoms with Gasteiger partial charge in [0.05, 0.1) is 12.3 Å². The molecule has 0 spiro atoms. The Bertz CT molecular complexity index is 526. The van der Waals surface area contributed by atoms with Crippen molar-refractivity contribution in [1.29, 1.82) is 0 Å². The van der Waals surface area contributed by atoms with E-state index in [1.165, 1.54) is 4.88 Å². The number of pyridine rings is 1. The molecule has 2 aromatic heterocycles. The third-order valence-electron chi connectivity index (χ3n) is 2.70. The van der Waals surface area contributed by atoms with Gasteiger partial charge in [-0.25, -0.2) is 0 Å². The van der Waals surface area contributed by atoms with Crippen LogP contribution < -0.4 is 15.8 Å². The minimum Gasteiger partial charge on any atom is -0.476 e. The number of anilines is 2. The van der Waals surface area contributed by atoms with Crippen LogP contribution in [-0.2, 0) is 6.42 Å². The van der Waals surface area contributed by atoms with Gasteiger partial charge in [-0.2, -0.15) is 4.98 Å². The van der Waals surface area contributed by atoms with Crippen molar-refractivity contribution < 1.29 is 4.74 Å². The molecule has 0 saturated carbocycles. The Hall–Kier alpha value is -1.75. The van der Waals surface area contributed by atoms with Crippen LogP contribution in [0.4, 0.5) is 11.5 Å². The highest BCUT2D eigenvalue weighted by molar-refractivity contribution is 7.09. The van der Waals surface area contributed by atoms with Crippen LogP contribution in [0, 0.1) is 5.92 Å². The average Bonchev–Trinajstić information content (AvgIpc) is 2.92. The monoisotopic (exact) mass is 291 g/mol. The van der Waals surface area contributed by atoms with Crippen LogP contribution in [0.15, 0.2) is 29.6 Å². The molecule has 20 heavy (non-hydrogen) atoms. The number of nitrogens with one attached hydrogen (secondary N) is 1. The van der Waals surface area contributed by atoms with Gasteiger partial charge in [0, 0.05) is 11.4 Å². The minimum absolute atomic E-state index is 0.451. The molecular weight excluding hydrogens is 270 g/mol. The van der Waals surface area contributed by atoms with E-state index < -0.39 is 0 Å². The average molecular weight is 291 g/mol. The Morgan fingerprint density at radius 2 is 2.20 bits per heavy atom. The van der Waals surface area contributed by atoms with Gasteiger partial charge in [-0.1, -0.05) is 19.9 Å². The van der Waals surface area contributed by atoms with E-state index in [0.717, 1.165) is 18.8 Å². The largest absolute Gasteiger partial charge is 0.476 e. The minimum atomic E-state index is 0.451. The molecule has 0 unspecified atom stereocenters. The zero-order valence-electron chi connectivity index (χ0n) is 11.9. The zero-order valence-corrected chi connectivity index (χ0v) is 12.7. The molecule has 5 heteroatoms. The first kappa shape index (κ1) is 14.7. The molecule has 108 valence electrons. The first-order valence-electron chi connectivity index (χ1n) is 6.80. The summed E-state index contributed by atoms with van der Waals surface area (Å²) in [5.41, 5.74) is 6.45. The van der Waals surface area contributed by atoms with Crippen molar-refractivity contribution >= 4 is 22.8 Å². The maximum Gasteiger partial charge on any atom is 0.239 e. The first-order chi connectivity index (χ1) is 9.65. The van der Waals surface area contributed by atoms with Gasteiger partial charge in [0.2, 0.25) is 5.88 Å². The van der Waals surface area contributed by atoms with Crippen molar-refractivity contribution in [3.05, 3.63) is 34.5 Å². The maximum absolute atomic E-state index is 5.87. The number of nitrogens with zero attached hydrogens (tertiary/aromatic N) is 1. The second-order valence-electron chi connectivity index (χ2n) is 5.05. The summed E-state index contributed by atoms with van der Waals surface area (Å²) in [6.07, 6.45) is 0.992. The number of hydrogen-bond donors (Lipinski definition) is 2. The van der Waals surface area contributed by atoms with Crippen molar-refractivity contribution in [3.8, 4) is 5.88 Å². The molecule has 2 aromatic rings. The number of hydrogen-bond acceptors (Lipinski definition) is 5. The number of ether oxygens (including phenoxy) is 1. The number of thiophene rings is 1. The summed E-state index contributed by atoms with van der Waals surface area (Å²) in [5.74, 6) is 1.76. The van der Waals surface area contributed by atoms with Crippen LogP contribution in [0.3, 0.4) is 0 Å². The highest BCUT2D eigenvalue weighted by Crippen LogP contribution is 2.21. The summed E-state index contributed by atoms with van der Waals surface area (Å²) in [6, 6.07) is 7.92. The molecule has 0 aliphatic heterocycles. The normalized spacial score (nSPS) is 10.8. The van der Waals surface area contributed by atoms with Crippen LogP contribution in [0.25, 0.3) is 0 Å². The van der Waals surface area contributed by atoms with E-state index in [2.05, 4.69) is 41.7 Å². The molecule has 4 nitrogen and oxygen atoms in total. The van der Waals surface area contributed by atoms with E-state index in [1.807, 2.05) is 12.1 Å². The van der Waals surface area contributed by atoms with E-state index in [-0.39, 0.29) is 0 Å². The summed E-state index contributed by atoms with van der Waals surface area (Å²) in [6.45, 7) is 5.66. The van der Waals surface area contributed by atoms with Gasteiger partial charge < -0.3 is 15.8 Å². The second kappa shape index (κ2) is 7.14. The first-order valence-corrected chi connectivity index (χ1v) is 7.68. The van der Waals surface area contributed by atoms with Crippen molar-refractivity contribution in [3.63, 3.8) is 0 Å². The van der Waals surface area contributed by atoms with Gasteiger partial charge in [0.25, 0.3) is 0 Å². The van der Waals surface area contributed by atoms with E-state index in [4.69, 9.17) is 10.5 Å². The number of aromatic nitrogens is 1. The summed E-state index contributed by atoms with van der Waals surface area (Å²) in [4.78, 5) is 5.77. The lowest BCUT2D eigenvalue weighted by Gasteiger charge is -2.12. The fraction of sp³-hybridized carbons (Fsp3) is 0.400. The Morgan fingerprint density at radius 1 is 1.35 bits per heavy atom. The van der Waals surface area contributed by atoms with Crippen LogP contribution in [0.1, 0.15) is 18.7 Å². The highest BCUT2D eigenvalue weighted by Gasteiger charge is 2.05. The highest BCUT2D eigenvalue weighted by atomic mass is 32.1. The third-order valence-corrected chi connectivity index (χ3v) is 3.64. The summed E-state index contributed by atoms with van der Waals surface area (Å²) >= 11 is 1.77.